The van der Waals surface area contributed by atoms with Crippen LogP contribution in [0.5, 0.6) is 0 Å². The van der Waals surface area contributed by atoms with Gasteiger partial charge in [0.15, 0.2) is 5.78 Å². The maximum absolute atomic E-state index is 13.4. The first-order valence-corrected chi connectivity index (χ1v) is 6.30. The number of nitrogens with one attached hydrogen (secondary N) is 1. The van der Waals surface area contributed by atoms with Gasteiger partial charge in [-0.25, -0.2) is 8.78 Å². The minimum absolute atomic E-state index is 0.0731. The maximum atomic E-state index is 13.4. The van der Waals surface area contributed by atoms with Crippen molar-refractivity contribution in [2.45, 2.75) is 44.7 Å². The SMILES string of the molecule is CC1CCCC(CC(=O)c2cc(F)ccc2F)N1. The van der Waals surface area contributed by atoms with Gasteiger partial charge in [-0.2, -0.15) is 0 Å². The lowest BCUT2D eigenvalue weighted by Crippen LogP contribution is -2.41. The highest BCUT2D eigenvalue weighted by Crippen LogP contribution is 2.18. The highest BCUT2D eigenvalue weighted by molar-refractivity contribution is 5.96. The Hall–Kier alpha value is -1.29. The minimum Gasteiger partial charge on any atom is -0.311 e. The fourth-order valence-electron chi connectivity index (χ4n) is 2.45. The smallest absolute Gasteiger partial charge is 0.167 e. The van der Waals surface area contributed by atoms with Crippen LogP contribution in [-0.4, -0.2) is 17.9 Å². The van der Waals surface area contributed by atoms with Crippen LogP contribution in [-0.2, 0) is 0 Å². The molecule has 0 bridgehead atoms. The standard InChI is InChI=1S/C14H17F2NO/c1-9-3-2-4-11(17-9)8-14(18)12-7-10(15)5-6-13(12)16/h5-7,9,11,17H,2-4,8H2,1H3. The molecule has 1 aromatic rings. The minimum atomic E-state index is -0.648. The van der Waals surface area contributed by atoms with Gasteiger partial charge >= 0.3 is 0 Å². The van der Waals surface area contributed by atoms with E-state index in [4.69, 9.17) is 0 Å². The highest BCUT2D eigenvalue weighted by atomic mass is 19.1. The number of hydrogen-bond acceptors (Lipinski definition) is 2. The lowest BCUT2D eigenvalue weighted by Gasteiger charge is -2.28. The van der Waals surface area contributed by atoms with Gasteiger partial charge in [0.05, 0.1) is 5.56 Å². The molecule has 18 heavy (non-hydrogen) atoms. The van der Waals surface area contributed by atoms with E-state index < -0.39 is 11.6 Å². The van der Waals surface area contributed by atoms with Crippen LogP contribution in [0.1, 0.15) is 43.0 Å². The van der Waals surface area contributed by atoms with Crippen molar-refractivity contribution in [1.82, 2.24) is 5.32 Å². The number of Topliss-reactive ketones (excluding diaryl/α,β-unsaturated/α-hetero) is 1. The van der Waals surface area contributed by atoms with Gasteiger partial charge in [-0.3, -0.25) is 4.79 Å². The Bertz CT molecular complexity index is 447. The zero-order valence-corrected chi connectivity index (χ0v) is 10.4. The second kappa shape index (κ2) is 5.57. The van der Waals surface area contributed by atoms with Crippen molar-refractivity contribution in [2.75, 3.05) is 0 Å². The molecular weight excluding hydrogens is 236 g/mol. The fraction of sp³-hybridized carbons (Fsp3) is 0.500. The summed E-state index contributed by atoms with van der Waals surface area (Å²) in [5, 5.41) is 3.31. The summed E-state index contributed by atoms with van der Waals surface area (Å²) in [6.07, 6.45) is 3.30. The average Bonchev–Trinajstić information content (AvgIpc) is 2.32. The van der Waals surface area contributed by atoms with E-state index in [2.05, 4.69) is 12.2 Å². The van der Waals surface area contributed by atoms with E-state index in [1.165, 1.54) is 0 Å². The molecule has 1 saturated heterocycles. The third kappa shape index (κ3) is 3.13. The summed E-state index contributed by atoms with van der Waals surface area (Å²) in [7, 11) is 0. The fourth-order valence-corrected chi connectivity index (χ4v) is 2.45. The molecule has 98 valence electrons. The van der Waals surface area contributed by atoms with Gasteiger partial charge in [-0.1, -0.05) is 6.42 Å². The Morgan fingerprint density at radius 2 is 2.17 bits per heavy atom. The first-order chi connectivity index (χ1) is 8.56. The lowest BCUT2D eigenvalue weighted by molar-refractivity contribution is 0.0955. The van der Waals surface area contributed by atoms with Crippen molar-refractivity contribution in [3.63, 3.8) is 0 Å². The van der Waals surface area contributed by atoms with Gasteiger partial charge in [-0.15, -0.1) is 0 Å². The van der Waals surface area contributed by atoms with Crippen molar-refractivity contribution in [3.8, 4) is 0 Å². The van der Waals surface area contributed by atoms with Gasteiger partial charge in [0.1, 0.15) is 11.6 Å². The first kappa shape index (κ1) is 13.1. The summed E-state index contributed by atoms with van der Waals surface area (Å²) in [6, 6.07) is 3.45. The Morgan fingerprint density at radius 3 is 2.89 bits per heavy atom. The van der Waals surface area contributed by atoms with Gasteiger partial charge in [0.2, 0.25) is 0 Å². The topological polar surface area (TPSA) is 29.1 Å². The van der Waals surface area contributed by atoms with Crippen LogP contribution in [0.4, 0.5) is 8.78 Å². The van der Waals surface area contributed by atoms with E-state index in [-0.39, 0.29) is 23.8 Å². The molecular formula is C14H17F2NO. The summed E-state index contributed by atoms with van der Waals surface area (Å²) in [6.45, 7) is 2.07. The van der Waals surface area contributed by atoms with Crippen LogP contribution in [0.3, 0.4) is 0 Å². The molecule has 2 atom stereocenters. The number of hydrogen-bond donors (Lipinski definition) is 1. The number of piperidine rings is 1. The van der Waals surface area contributed by atoms with E-state index in [0.29, 0.717) is 6.04 Å². The molecule has 0 aromatic heterocycles. The van der Waals surface area contributed by atoms with Crippen molar-refractivity contribution in [2.24, 2.45) is 0 Å². The molecule has 0 radical (unpaired) electrons. The molecule has 0 saturated carbocycles. The normalized spacial score (nSPS) is 23.9. The predicted molar refractivity (Wildman–Crippen MR) is 65.5 cm³/mol. The quantitative estimate of drug-likeness (QED) is 0.839. The molecule has 1 aromatic carbocycles. The van der Waals surface area contributed by atoms with Crippen LogP contribution in [0, 0.1) is 11.6 Å². The Balaban J connectivity index is 2.05. The third-order valence-electron chi connectivity index (χ3n) is 3.37. The summed E-state index contributed by atoms with van der Waals surface area (Å²) >= 11 is 0. The monoisotopic (exact) mass is 253 g/mol. The molecule has 2 nitrogen and oxygen atoms in total. The third-order valence-corrected chi connectivity index (χ3v) is 3.37. The molecule has 1 heterocycles. The molecule has 1 fully saturated rings. The van der Waals surface area contributed by atoms with Crippen LogP contribution < -0.4 is 5.32 Å². The molecule has 0 amide bonds. The largest absolute Gasteiger partial charge is 0.311 e. The molecule has 1 aliphatic heterocycles. The molecule has 4 heteroatoms. The number of carbonyl (C=O) groups excluding carboxylic acids is 1. The average molecular weight is 253 g/mol. The van der Waals surface area contributed by atoms with Gasteiger partial charge in [-0.05, 0) is 38.0 Å². The summed E-state index contributed by atoms with van der Waals surface area (Å²) in [5.74, 6) is -1.56. The number of halogens is 2. The van der Waals surface area contributed by atoms with E-state index in [1.807, 2.05) is 0 Å². The van der Waals surface area contributed by atoms with Gasteiger partial charge in [0.25, 0.3) is 0 Å². The molecule has 0 aliphatic carbocycles. The van der Waals surface area contributed by atoms with Crippen molar-refractivity contribution in [1.29, 1.82) is 0 Å². The van der Waals surface area contributed by atoms with Crippen molar-refractivity contribution in [3.05, 3.63) is 35.4 Å². The molecule has 1 N–H and O–H groups in total. The molecule has 1 aliphatic rings. The van der Waals surface area contributed by atoms with E-state index in [1.54, 1.807) is 0 Å². The van der Waals surface area contributed by atoms with Crippen LogP contribution in [0.15, 0.2) is 18.2 Å². The Morgan fingerprint density at radius 1 is 1.39 bits per heavy atom. The summed E-state index contributed by atoms with van der Waals surface area (Å²) in [5.41, 5.74) is -0.143. The van der Waals surface area contributed by atoms with Crippen molar-refractivity contribution >= 4 is 5.78 Å². The lowest BCUT2D eigenvalue weighted by atomic mass is 9.94. The van der Waals surface area contributed by atoms with Gasteiger partial charge < -0.3 is 5.32 Å². The Labute approximate surface area is 105 Å². The van der Waals surface area contributed by atoms with Crippen molar-refractivity contribution < 1.29 is 13.6 Å². The van der Waals surface area contributed by atoms with Crippen LogP contribution in [0.25, 0.3) is 0 Å². The molecule has 2 rings (SSSR count). The molecule has 0 spiro atoms. The van der Waals surface area contributed by atoms with Crippen LogP contribution >= 0.6 is 0 Å². The maximum Gasteiger partial charge on any atom is 0.167 e. The number of rotatable bonds is 3. The second-order valence-corrected chi connectivity index (χ2v) is 4.95. The highest BCUT2D eigenvalue weighted by Gasteiger charge is 2.22. The Kier molecular flexibility index (Phi) is 4.07. The first-order valence-electron chi connectivity index (χ1n) is 6.30. The van der Waals surface area contributed by atoms with E-state index in [9.17, 15) is 13.6 Å². The van der Waals surface area contributed by atoms with Crippen LogP contribution in [0.2, 0.25) is 0 Å². The number of ketones is 1. The number of benzene rings is 1. The summed E-state index contributed by atoms with van der Waals surface area (Å²) < 4.78 is 26.5. The van der Waals surface area contributed by atoms with Gasteiger partial charge in [0, 0.05) is 18.5 Å². The summed E-state index contributed by atoms with van der Waals surface area (Å²) in [4.78, 5) is 11.9. The predicted octanol–water partition coefficient (Wildman–Crippen LogP) is 3.07. The number of carbonyl (C=O) groups is 1. The zero-order chi connectivity index (χ0) is 13.1. The molecule has 2 unspecified atom stereocenters. The zero-order valence-electron chi connectivity index (χ0n) is 10.4. The van der Waals surface area contributed by atoms with E-state index in [0.717, 1.165) is 37.5 Å². The van der Waals surface area contributed by atoms with E-state index >= 15 is 0 Å². The second-order valence-electron chi connectivity index (χ2n) is 4.95.